The van der Waals surface area contributed by atoms with Crippen molar-refractivity contribution in [2.75, 3.05) is 13.1 Å². The molecule has 6 nitrogen and oxygen atoms in total. The number of aromatic nitrogens is 1. The van der Waals surface area contributed by atoms with Gasteiger partial charge in [0.05, 0.1) is 6.54 Å². The van der Waals surface area contributed by atoms with E-state index in [1.54, 1.807) is 0 Å². The molecule has 2 rings (SSSR count). The van der Waals surface area contributed by atoms with Crippen molar-refractivity contribution in [2.24, 2.45) is 5.73 Å². The second-order valence-corrected chi connectivity index (χ2v) is 4.10. The van der Waals surface area contributed by atoms with Gasteiger partial charge < -0.3 is 15.4 Å². The van der Waals surface area contributed by atoms with Crippen molar-refractivity contribution >= 4 is 5.97 Å². The molecule has 0 aliphatic carbocycles. The third-order valence-electron chi connectivity index (χ3n) is 2.79. The molecule has 0 atom stereocenters. The number of nitrogens with two attached hydrogens (primary N) is 1. The van der Waals surface area contributed by atoms with Gasteiger partial charge in [0.15, 0.2) is 11.5 Å². The van der Waals surface area contributed by atoms with E-state index in [4.69, 9.17) is 15.4 Å². The fraction of sp³-hybridized carbons (Fsp3) is 0.600. The second-order valence-electron chi connectivity index (χ2n) is 4.10. The number of likely N-dealkylation sites (tertiary alicyclic amines) is 1. The van der Waals surface area contributed by atoms with Crippen LogP contribution in [0.2, 0.25) is 0 Å². The van der Waals surface area contributed by atoms with Crippen molar-refractivity contribution in [3.63, 3.8) is 0 Å². The van der Waals surface area contributed by atoms with Gasteiger partial charge in [0.2, 0.25) is 0 Å². The van der Waals surface area contributed by atoms with Gasteiger partial charge in [-0.1, -0.05) is 5.16 Å². The summed E-state index contributed by atoms with van der Waals surface area (Å²) in [5.74, 6) is -0.469. The maximum Gasteiger partial charge on any atom is 0.358 e. The van der Waals surface area contributed by atoms with E-state index < -0.39 is 5.97 Å². The first-order valence-electron chi connectivity index (χ1n) is 5.32. The van der Waals surface area contributed by atoms with Gasteiger partial charge in [-0.2, -0.15) is 0 Å². The van der Waals surface area contributed by atoms with E-state index in [9.17, 15) is 4.79 Å². The van der Waals surface area contributed by atoms with Crippen LogP contribution in [0, 0.1) is 0 Å². The molecule has 1 aliphatic heterocycles. The molecule has 1 aromatic rings. The van der Waals surface area contributed by atoms with Gasteiger partial charge in [-0.25, -0.2) is 4.79 Å². The molecule has 0 amide bonds. The summed E-state index contributed by atoms with van der Waals surface area (Å²) < 4.78 is 4.95. The van der Waals surface area contributed by atoms with Crippen molar-refractivity contribution in [3.05, 3.63) is 17.5 Å². The van der Waals surface area contributed by atoms with Crippen LogP contribution in [0.15, 0.2) is 10.6 Å². The fourth-order valence-electron chi connectivity index (χ4n) is 1.82. The maximum absolute atomic E-state index is 10.6. The molecule has 0 aromatic carbocycles. The van der Waals surface area contributed by atoms with Gasteiger partial charge in [-0.15, -0.1) is 0 Å². The van der Waals surface area contributed by atoms with Crippen LogP contribution >= 0.6 is 0 Å². The van der Waals surface area contributed by atoms with Gasteiger partial charge in [-0.3, -0.25) is 4.90 Å². The van der Waals surface area contributed by atoms with Gasteiger partial charge in [0.25, 0.3) is 0 Å². The number of carboxylic acids is 1. The summed E-state index contributed by atoms with van der Waals surface area (Å²) in [4.78, 5) is 12.8. The average Bonchev–Trinajstić information content (AvgIpc) is 2.70. The van der Waals surface area contributed by atoms with E-state index >= 15 is 0 Å². The number of piperidine rings is 1. The number of hydrogen-bond acceptors (Lipinski definition) is 5. The van der Waals surface area contributed by atoms with Gasteiger partial charge in [0, 0.05) is 25.2 Å². The molecule has 6 heteroatoms. The quantitative estimate of drug-likeness (QED) is 0.768. The SMILES string of the molecule is NC1CCN(Cc2cc(C(=O)O)no2)CC1. The van der Waals surface area contributed by atoms with Crippen molar-refractivity contribution in [1.29, 1.82) is 0 Å². The summed E-state index contributed by atoms with van der Waals surface area (Å²) in [7, 11) is 0. The molecule has 0 radical (unpaired) electrons. The predicted molar refractivity (Wildman–Crippen MR) is 55.9 cm³/mol. The Morgan fingerprint density at radius 1 is 1.62 bits per heavy atom. The standard InChI is InChI=1S/C10H15N3O3/c11-7-1-3-13(4-2-7)6-8-5-9(10(14)15)12-16-8/h5,7H,1-4,6,11H2,(H,14,15). The Hall–Kier alpha value is -1.40. The average molecular weight is 225 g/mol. The van der Waals surface area contributed by atoms with Crippen LogP contribution in [0.25, 0.3) is 0 Å². The van der Waals surface area contributed by atoms with Crippen LogP contribution in [0.5, 0.6) is 0 Å². The van der Waals surface area contributed by atoms with Crippen molar-refractivity contribution in [2.45, 2.75) is 25.4 Å². The monoisotopic (exact) mass is 225 g/mol. The Bertz CT molecular complexity index is 369. The van der Waals surface area contributed by atoms with Crippen LogP contribution < -0.4 is 5.73 Å². The van der Waals surface area contributed by atoms with E-state index in [1.807, 2.05) is 0 Å². The van der Waals surface area contributed by atoms with Crippen LogP contribution in [0.4, 0.5) is 0 Å². The minimum atomic E-state index is -1.06. The summed E-state index contributed by atoms with van der Waals surface area (Å²) >= 11 is 0. The van der Waals surface area contributed by atoms with Crippen molar-refractivity contribution < 1.29 is 14.4 Å². The highest BCUT2D eigenvalue weighted by atomic mass is 16.5. The molecular formula is C10H15N3O3. The lowest BCUT2D eigenvalue weighted by molar-refractivity contribution is 0.0685. The lowest BCUT2D eigenvalue weighted by Gasteiger charge is -2.28. The Kier molecular flexibility index (Phi) is 3.21. The Labute approximate surface area is 93.0 Å². The van der Waals surface area contributed by atoms with E-state index in [2.05, 4.69) is 10.1 Å². The zero-order chi connectivity index (χ0) is 11.5. The first-order valence-corrected chi connectivity index (χ1v) is 5.32. The topological polar surface area (TPSA) is 92.6 Å². The van der Waals surface area contributed by atoms with Gasteiger partial charge in [-0.05, 0) is 12.8 Å². The highest BCUT2D eigenvalue weighted by Gasteiger charge is 2.18. The van der Waals surface area contributed by atoms with Crippen LogP contribution in [-0.2, 0) is 6.54 Å². The number of hydrogen-bond donors (Lipinski definition) is 2. The molecule has 1 aliphatic rings. The minimum Gasteiger partial charge on any atom is -0.476 e. The summed E-state index contributed by atoms with van der Waals surface area (Å²) in [6, 6.07) is 1.76. The first-order chi connectivity index (χ1) is 7.65. The Balaban J connectivity index is 1.91. The third-order valence-corrected chi connectivity index (χ3v) is 2.79. The molecule has 3 N–H and O–H groups in total. The van der Waals surface area contributed by atoms with E-state index in [1.165, 1.54) is 6.07 Å². The highest BCUT2D eigenvalue weighted by molar-refractivity contribution is 5.85. The molecule has 0 bridgehead atoms. The summed E-state index contributed by atoms with van der Waals surface area (Å²) in [6.07, 6.45) is 1.94. The number of carbonyl (C=O) groups is 1. The van der Waals surface area contributed by atoms with E-state index in [-0.39, 0.29) is 5.69 Å². The minimum absolute atomic E-state index is 0.0382. The zero-order valence-electron chi connectivity index (χ0n) is 8.93. The molecule has 0 unspecified atom stereocenters. The summed E-state index contributed by atoms with van der Waals surface area (Å²) in [5.41, 5.74) is 5.76. The molecule has 2 heterocycles. The zero-order valence-corrected chi connectivity index (χ0v) is 8.93. The number of rotatable bonds is 3. The van der Waals surface area contributed by atoms with Crippen LogP contribution in [0.3, 0.4) is 0 Å². The first kappa shape index (κ1) is 11.1. The molecule has 1 saturated heterocycles. The number of aromatic carboxylic acids is 1. The fourth-order valence-corrected chi connectivity index (χ4v) is 1.82. The predicted octanol–water partition coefficient (Wildman–Crippen LogP) is 0.296. The normalized spacial score (nSPS) is 18.8. The van der Waals surface area contributed by atoms with Crippen molar-refractivity contribution in [3.8, 4) is 0 Å². The van der Waals surface area contributed by atoms with E-state index in [0.29, 0.717) is 18.3 Å². The van der Waals surface area contributed by atoms with Crippen molar-refractivity contribution in [1.82, 2.24) is 10.1 Å². The third kappa shape index (κ3) is 2.59. The van der Waals surface area contributed by atoms with Crippen LogP contribution in [0.1, 0.15) is 29.1 Å². The van der Waals surface area contributed by atoms with Crippen LogP contribution in [-0.4, -0.2) is 40.3 Å². The van der Waals surface area contributed by atoms with E-state index in [0.717, 1.165) is 25.9 Å². The molecule has 1 fully saturated rings. The largest absolute Gasteiger partial charge is 0.476 e. The second kappa shape index (κ2) is 4.63. The molecule has 0 saturated carbocycles. The van der Waals surface area contributed by atoms with Gasteiger partial charge >= 0.3 is 5.97 Å². The van der Waals surface area contributed by atoms with Gasteiger partial charge in [0.1, 0.15) is 0 Å². The highest BCUT2D eigenvalue weighted by Crippen LogP contribution is 2.13. The molecular weight excluding hydrogens is 210 g/mol. The molecule has 88 valence electrons. The Morgan fingerprint density at radius 3 is 2.88 bits per heavy atom. The molecule has 16 heavy (non-hydrogen) atoms. The number of nitrogens with zero attached hydrogens (tertiary/aromatic N) is 2. The lowest BCUT2D eigenvalue weighted by atomic mass is 10.1. The Morgan fingerprint density at radius 2 is 2.31 bits per heavy atom. The molecule has 0 spiro atoms. The number of carboxylic acid groups (broad SMARTS) is 1. The molecule has 1 aromatic heterocycles. The summed E-state index contributed by atoms with van der Waals surface area (Å²) in [5, 5.41) is 12.2. The summed E-state index contributed by atoms with van der Waals surface area (Å²) in [6.45, 7) is 2.45. The lowest BCUT2D eigenvalue weighted by Crippen LogP contribution is -2.39. The smallest absolute Gasteiger partial charge is 0.358 e. The maximum atomic E-state index is 10.6.